The molecule has 3 nitrogen and oxygen atoms in total. The van der Waals surface area contributed by atoms with Gasteiger partial charge in [0.15, 0.2) is 0 Å². The summed E-state index contributed by atoms with van der Waals surface area (Å²) in [6.07, 6.45) is 0. The van der Waals surface area contributed by atoms with E-state index in [1.807, 2.05) is 0 Å². The van der Waals surface area contributed by atoms with Crippen LogP contribution >= 0.6 is 0 Å². The highest BCUT2D eigenvalue weighted by Crippen LogP contribution is 2.32. The van der Waals surface area contributed by atoms with Crippen LogP contribution in [0.1, 0.15) is 24.0 Å². The van der Waals surface area contributed by atoms with Gasteiger partial charge in [-0.3, -0.25) is 0 Å². The van der Waals surface area contributed by atoms with Crippen LogP contribution in [0, 0.1) is 0 Å². The molecule has 1 aliphatic heterocycles. The van der Waals surface area contributed by atoms with Gasteiger partial charge in [-0.05, 0) is 37.2 Å². The van der Waals surface area contributed by atoms with E-state index in [4.69, 9.17) is 0 Å². The molecule has 1 aromatic rings. The Morgan fingerprint density at radius 1 is 1.22 bits per heavy atom. The zero-order valence-corrected chi connectivity index (χ0v) is 12.0. The molecule has 0 fully saturated rings. The number of likely N-dealkylation sites (N-methyl/N-ethyl adjacent to an activating group) is 2. The van der Waals surface area contributed by atoms with Crippen LogP contribution in [0.5, 0.6) is 0 Å². The topological polar surface area (TPSA) is 18.5 Å². The Kier molecular flexibility index (Phi) is 4.25. The van der Waals surface area contributed by atoms with E-state index >= 15 is 0 Å². The summed E-state index contributed by atoms with van der Waals surface area (Å²) in [5.41, 5.74) is 4.41. The molecule has 100 valence electrons. The van der Waals surface area contributed by atoms with Gasteiger partial charge in [0.05, 0.1) is 0 Å². The van der Waals surface area contributed by atoms with Crippen LogP contribution < -0.4 is 10.2 Å². The van der Waals surface area contributed by atoms with E-state index in [0.717, 1.165) is 26.2 Å². The Morgan fingerprint density at radius 2 is 2.00 bits per heavy atom. The Balaban J connectivity index is 2.22. The van der Waals surface area contributed by atoms with Gasteiger partial charge >= 0.3 is 0 Å². The van der Waals surface area contributed by atoms with Crippen molar-refractivity contribution in [3.05, 3.63) is 29.3 Å². The minimum atomic E-state index is 0.603. The molecule has 0 amide bonds. The van der Waals surface area contributed by atoms with Crippen LogP contribution in [0.2, 0.25) is 0 Å². The summed E-state index contributed by atoms with van der Waals surface area (Å²) in [4.78, 5) is 4.62. The third-order valence-corrected chi connectivity index (χ3v) is 3.73. The highest BCUT2D eigenvalue weighted by Gasteiger charge is 2.20. The monoisotopic (exact) mass is 247 g/mol. The molecule has 0 aliphatic carbocycles. The molecule has 2 rings (SSSR count). The van der Waals surface area contributed by atoms with Crippen molar-refractivity contribution < 1.29 is 0 Å². The van der Waals surface area contributed by atoms with Crippen molar-refractivity contribution in [3.8, 4) is 0 Å². The van der Waals surface area contributed by atoms with Crippen LogP contribution in [-0.2, 0) is 6.54 Å². The van der Waals surface area contributed by atoms with Crippen molar-refractivity contribution in [1.29, 1.82) is 0 Å². The number of benzene rings is 1. The molecule has 1 N–H and O–H groups in total. The molecule has 0 saturated heterocycles. The van der Waals surface area contributed by atoms with Crippen molar-refractivity contribution in [3.63, 3.8) is 0 Å². The average molecular weight is 247 g/mol. The maximum Gasteiger partial charge on any atom is 0.0403 e. The van der Waals surface area contributed by atoms with Gasteiger partial charge in [0, 0.05) is 38.9 Å². The molecule has 0 saturated carbocycles. The predicted molar refractivity (Wildman–Crippen MR) is 78.4 cm³/mol. The largest absolute Gasteiger partial charge is 0.373 e. The highest BCUT2D eigenvalue weighted by atomic mass is 15.2. The average Bonchev–Trinajstić information content (AvgIpc) is 2.35. The van der Waals surface area contributed by atoms with E-state index in [-0.39, 0.29) is 0 Å². The van der Waals surface area contributed by atoms with Gasteiger partial charge in [-0.2, -0.15) is 0 Å². The second-order valence-corrected chi connectivity index (χ2v) is 5.61. The summed E-state index contributed by atoms with van der Waals surface area (Å²) in [7, 11) is 6.45. The van der Waals surface area contributed by atoms with E-state index in [9.17, 15) is 0 Å². The Bertz CT molecular complexity index is 401. The third-order valence-electron chi connectivity index (χ3n) is 3.73. The second-order valence-electron chi connectivity index (χ2n) is 5.61. The van der Waals surface area contributed by atoms with E-state index < -0.39 is 0 Å². The van der Waals surface area contributed by atoms with Gasteiger partial charge in [0.2, 0.25) is 0 Å². The van der Waals surface area contributed by atoms with Crippen LogP contribution in [-0.4, -0.2) is 45.7 Å². The molecule has 18 heavy (non-hydrogen) atoms. The Hall–Kier alpha value is -1.06. The lowest BCUT2D eigenvalue weighted by Gasteiger charge is -2.31. The number of anilines is 1. The van der Waals surface area contributed by atoms with Crippen molar-refractivity contribution >= 4 is 5.69 Å². The zero-order valence-electron chi connectivity index (χ0n) is 12.0. The SMILES string of the molecule is CC1CNCc2cccc(N(C)CCN(C)C)c21. The lowest BCUT2D eigenvalue weighted by molar-refractivity contribution is 0.416. The van der Waals surface area contributed by atoms with E-state index in [2.05, 4.69) is 61.4 Å². The van der Waals surface area contributed by atoms with Crippen LogP contribution in [0.25, 0.3) is 0 Å². The van der Waals surface area contributed by atoms with Gasteiger partial charge < -0.3 is 15.1 Å². The molecule has 0 radical (unpaired) electrons. The van der Waals surface area contributed by atoms with E-state index in [0.29, 0.717) is 5.92 Å². The molecule has 0 aromatic heterocycles. The predicted octanol–water partition coefficient (Wildman–Crippen LogP) is 1.89. The zero-order chi connectivity index (χ0) is 13.1. The van der Waals surface area contributed by atoms with Crippen molar-refractivity contribution in [2.45, 2.75) is 19.4 Å². The van der Waals surface area contributed by atoms with Crippen molar-refractivity contribution in [2.24, 2.45) is 0 Å². The maximum atomic E-state index is 3.48. The third kappa shape index (κ3) is 2.85. The first-order valence-electron chi connectivity index (χ1n) is 6.78. The lowest BCUT2D eigenvalue weighted by atomic mass is 9.90. The summed E-state index contributed by atoms with van der Waals surface area (Å²) in [5.74, 6) is 0.603. The fourth-order valence-electron chi connectivity index (χ4n) is 2.65. The van der Waals surface area contributed by atoms with Crippen LogP contribution in [0.15, 0.2) is 18.2 Å². The standard InChI is InChI=1S/C15H25N3/c1-12-10-16-11-13-6-5-7-14(15(12)13)18(4)9-8-17(2)3/h5-7,12,16H,8-11H2,1-4H3. The normalized spacial score (nSPS) is 18.8. The number of rotatable bonds is 4. The molecule has 1 unspecified atom stereocenters. The van der Waals surface area contributed by atoms with Gasteiger partial charge in [-0.15, -0.1) is 0 Å². The van der Waals surface area contributed by atoms with Crippen LogP contribution in [0.4, 0.5) is 5.69 Å². The summed E-state index contributed by atoms with van der Waals surface area (Å²) >= 11 is 0. The first-order valence-corrected chi connectivity index (χ1v) is 6.78. The molecular weight excluding hydrogens is 222 g/mol. The fourth-order valence-corrected chi connectivity index (χ4v) is 2.65. The number of nitrogens with zero attached hydrogens (tertiary/aromatic N) is 2. The summed E-state index contributed by atoms with van der Waals surface area (Å²) in [6, 6.07) is 6.69. The fraction of sp³-hybridized carbons (Fsp3) is 0.600. The van der Waals surface area contributed by atoms with Gasteiger partial charge in [-0.1, -0.05) is 19.1 Å². The molecular formula is C15H25N3. The minimum Gasteiger partial charge on any atom is -0.373 e. The molecule has 1 atom stereocenters. The van der Waals surface area contributed by atoms with Crippen molar-refractivity contribution in [1.82, 2.24) is 10.2 Å². The van der Waals surface area contributed by atoms with Crippen LogP contribution in [0.3, 0.4) is 0 Å². The van der Waals surface area contributed by atoms with Gasteiger partial charge in [0.25, 0.3) is 0 Å². The summed E-state index contributed by atoms with van der Waals surface area (Å²) in [6.45, 7) is 6.57. The van der Waals surface area contributed by atoms with Gasteiger partial charge in [0.1, 0.15) is 0 Å². The molecule has 1 aliphatic rings. The first-order chi connectivity index (χ1) is 8.59. The Morgan fingerprint density at radius 3 is 2.72 bits per heavy atom. The Labute approximate surface area is 111 Å². The van der Waals surface area contributed by atoms with Crippen molar-refractivity contribution in [2.75, 3.05) is 45.7 Å². The summed E-state index contributed by atoms with van der Waals surface area (Å²) in [5, 5.41) is 3.48. The molecule has 0 spiro atoms. The number of nitrogens with one attached hydrogen (secondary N) is 1. The highest BCUT2D eigenvalue weighted by molar-refractivity contribution is 5.58. The molecule has 1 heterocycles. The first kappa shape index (κ1) is 13.4. The molecule has 1 aromatic carbocycles. The summed E-state index contributed by atoms with van der Waals surface area (Å²) < 4.78 is 0. The van der Waals surface area contributed by atoms with Gasteiger partial charge in [-0.25, -0.2) is 0 Å². The lowest BCUT2D eigenvalue weighted by Crippen LogP contribution is -2.32. The maximum absolute atomic E-state index is 3.48. The number of hydrogen-bond acceptors (Lipinski definition) is 3. The molecule has 0 bridgehead atoms. The number of hydrogen-bond donors (Lipinski definition) is 1. The second kappa shape index (κ2) is 5.72. The molecule has 3 heteroatoms. The smallest absolute Gasteiger partial charge is 0.0403 e. The number of fused-ring (bicyclic) bond motifs is 1. The quantitative estimate of drug-likeness (QED) is 0.876. The minimum absolute atomic E-state index is 0.603. The van der Waals surface area contributed by atoms with E-state index in [1.54, 1.807) is 0 Å². The van der Waals surface area contributed by atoms with E-state index in [1.165, 1.54) is 16.8 Å².